The van der Waals surface area contributed by atoms with Crippen molar-refractivity contribution in [3.63, 3.8) is 0 Å². The lowest BCUT2D eigenvalue weighted by atomic mass is 9.98. The summed E-state index contributed by atoms with van der Waals surface area (Å²) in [7, 11) is 1.61. The van der Waals surface area contributed by atoms with Gasteiger partial charge in [-0.1, -0.05) is 29.0 Å². The topological polar surface area (TPSA) is 96.4 Å². The summed E-state index contributed by atoms with van der Waals surface area (Å²) in [5.41, 5.74) is 1.87. The Bertz CT molecular complexity index is 800. The van der Waals surface area contributed by atoms with Crippen LogP contribution in [0, 0.1) is 6.92 Å². The number of aromatic nitrogens is 2. The molecular weight excluding hydrogens is 378 g/mol. The van der Waals surface area contributed by atoms with Crippen molar-refractivity contribution in [1.29, 1.82) is 0 Å². The van der Waals surface area contributed by atoms with Gasteiger partial charge in [0.05, 0.1) is 6.61 Å². The molecule has 1 aromatic heterocycles. The Morgan fingerprint density at radius 2 is 1.93 bits per heavy atom. The minimum atomic E-state index is -0.248. The molecule has 1 fully saturated rings. The number of methoxy groups -OCH3 is 1. The molecule has 1 aliphatic rings. The van der Waals surface area contributed by atoms with Crippen molar-refractivity contribution in [3.8, 4) is 0 Å². The first-order valence-corrected chi connectivity index (χ1v) is 10.1. The molecule has 1 aromatic carbocycles. The van der Waals surface area contributed by atoms with E-state index in [0.717, 1.165) is 29.1 Å². The highest BCUT2D eigenvalue weighted by molar-refractivity contribution is 7.13. The number of anilines is 1. The maximum atomic E-state index is 12.4. The van der Waals surface area contributed by atoms with Gasteiger partial charge >= 0.3 is 6.03 Å². The molecule has 0 atom stereocenters. The van der Waals surface area contributed by atoms with E-state index in [4.69, 9.17) is 4.74 Å². The smallest absolute Gasteiger partial charge is 0.317 e. The summed E-state index contributed by atoms with van der Waals surface area (Å²) in [5.74, 6) is -0.0241. The molecule has 2 aromatic rings. The second-order valence-corrected chi connectivity index (χ2v) is 7.76. The highest BCUT2D eigenvalue weighted by Gasteiger charge is 2.27. The zero-order chi connectivity index (χ0) is 19.9. The van der Waals surface area contributed by atoms with Crippen LogP contribution in [0.3, 0.4) is 0 Å². The van der Waals surface area contributed by atoms with Crippen LogP contribution < -0.4 is 10.6 Å². The van der Waals surface area contributed by atoms with Crippen LogP contribution in [0.5, 0.6) is 0 Å². The van der Waals surface area contributed by atoms with Gasteiger partial charge in [0.15, 0.2) is 0 Å². The molecule has 9 heteroatoms. The maximum absolute atomic E-state index is 12.4. The minimum absolute atomic E-state index is 0.0640. The Balaban J connectivity index is 1.51. The lowest BCUT2D eigenvalue weighted by Gasteiger charge is -2.30. The van der Waals surface area contributed by atoms with E-state index in [1.165, 1.54) is 11.3 Å². The van der Waals surface area contributed by atoms with Crippen molar-refractivity contribution in [2.24, 2.45) is 0 Å². The molecule has 0 unspecified atom stereocenters. The van der Waals surface area contributed by atoms with Crippen LogP contribution in [0.1, 0.15) is 39.1 Å². The average Bonchev–Trinajstić information content (AvgIpc) is 3.20. The second-order valence-electron chi connectivity index (χ2n) is 6.75. The van der Waals surface area contributed by atoms with E-state index in [1.54, 1.807) is 12.0 Å². The number of nitrogens with one attached hydrogen (secondary N) is 2. The maximum Gasteiger partial charge on any atom is 0.317 e. The first-order chi connectivity index (χ1) is 13.6. The molecule has 3 rings (SSSR count). The van der Waals surface area contributed by atoms with Crippen LogP contribution in [0.25, 0.3) is 0 Å². The molecule has 0 radical (unpaired) electrons. The lowest BCUT2D eigenvalue weighted by Crippen LogP contribution is -2.44. The Morgan fingerprint density at radius 1 is 1.21 bits per heavy atom. The van der Waals surface area contributed by atoms with Gasteiger partial charge in [-0.05, 0) is 31.9 Å². The number of aryl methyl sites for hydroxylation is 1. The molecule has 0 aliphatic carbocycles. The molecule has 0 saturated carbocycles. The van der Waals surface area contributed by atoms with E-state index in [2.05, 4.69) is 20.8 Å². The van der Waals surface area contributed by atoms with Crippen molar-refractivity contribution >= 4 is 29.0 Å². The van der Waals surface area contributed by atoms with Crippen LogP contribution in [-0.4, -0.2) is 60.4 Å². The summed E-state index contributed by atoms with van der Waals surface area (Å²) >= 11 is 1.33. The number of piperidine rings is 1. The lowest BCUT2D eigenvalue weighted by molar-refractivity contribution is 0.102. The molecule has 2 heterocycles. The third-order valence-electron chi connectivity index (χ3n) is 4.66. The highest BCUT2D eigenvalue weighted by atomic mass is 32.1. The van der Waals surface area contributed by atoms with Crippen LogP contribution in [0.15, 0.2) is 24.3 Å². The Hall–Kier alpha value is -2.52. The number of amides is 3. The molecule has 2 N–H and O–H groups in total. The van der Waals surface area contributed by atoms with E-state index in [9.17, 15) is 9.59 Å². The molecule has 150 valence electrons. The largest absolute Gasteiger partial charge is 0.383 e. The molecule has 28 heavy (non-hydrogen) atoms. The van der Waals surface area contributed by atoms with Gasteiger partial charge in [0.2, 0.25) is 5.01 Å². The summed E-state index contributed by atoms with van der Waals surface area (Å²) in [4.78, 5) is 26.3. The number of carbonyl (C=O) groups is 2. The van der Waals surface area contributed by atoms with Gasteiger partial charge in [0.25, 0.3) is 5.91 Å². The van der Waals surface area contributed by atoms with Crippen molar-refractivity contribution in [2.75, 3.05) is 38.7 Å². The fourth-order valence-electron chi connectivity index (χ4n) is 3.01. The van der Waals surface area contributed by atoms with Gasteiger partial charge < -0.3 is 20.3 Å². The van der Waals surface area contributed by atoms with Gasteiger partial charge in [0.1, 0.15) is 5.01 Å². The van der Waals surface area contributed by atoms with Crippen molar-refractivity contribution < 1.29 is 14.3 Å². The molecule has 1 saturated heterocycles. The Kier molecular flexibility index (Phi) is 6.94. The summed E-state index contributed by atoms with van der Waals surface area (Å²) in [5, 5.41) is 15.2. The quantitative estimate of drug-likeness (QED) is 0.723. The van der Waals surface area contributed by atoms with E-state index in [-0.39, 0.29) is 17.9 Å². The van der Waals surface area contributed by atoms with E-state index < -0.39 is 0 Å². The fourth-order valence-corrected chi connectivity index (χ4v) is 3.92. The van der Waals surface area contributed by atoms with Crippen molar-refractivity contribution in [3.05, 3.63) is 39.8 Å². The number of likely N-dealkylation sites (tertiary alicyclic amines) is 1. The molecular formula is C19H25N5O3S. The normalized spacial score (nSPS) is 14.7. The number of urea groups is 1. The van der Waals surface area contributed by atoms with Crippen molar-refractivity contribution in [2.45, 2.75) is 25.7 Å². The van der Waals surface area contributed by atoms with Crippen LogP contribution in [-0.2, 0) is 4.74 Å². The van der Waals surface area contributed by atoms with Gasteiger partial charge in [-0.2, -0.15) is 0 Å². The van der Waals surface area contributed by atoms with E-state index >= 15 is 0 Å². The second kappa shape index (κ2) is 9.61. The zero-order valence-electron chi connectivity index (χ0n) is 16.1. The Morgan fingerprint density at radius 3 is 2.61 bits per heavy atom. The number of ether oxygens (including phenoxy) is 1. The standard InChI is InChI=1S/C19H25N5O3S/c1-13-3-5-15(6-4-13)21-16(25)18-23-22-17(28-18)14-7-10-24(11-8-14)19(26)20-9-12-27-2/h3-6,14H,7-12H2,1-2H3,(H,20,26)(H,21,25). The third-order valence-corrected chi connectivity index (χ3v) is 5.74. The zero-order valence-corrected chi connectivity index (χ0v) is 16.9. The molecule has 0 bridgehead atoms. The first-order valence-electron chi connectivity index (χ1n) is 9.30. The highest BCUT2D eigenvalue weighted by Crippen LogP contribution is 2.30. The number of nitrogens with zero attached hydrogens (tertiary/aromatic N) is 3. The molecule has 8 nitrogen and oxygen atoms in total. The van der Waals surface area contributed by atoms with E-state index in [0.29, 0.717) is 31.2 Å². The SMILES string of the molecule is COCCNC(=O)N1CCC(c2nnc(C(=O)Nc3ccc(C)cc3)s2)CC1. The predicted octanol–water partition coefficient (Wildman–Crippen LogP) is 2.63. The summed E-state index contributed by atoms with van der Waals surface area (Å²) < 4.78 is 4.94. The van der Waals surface area contributed by atoms with E-state index in [1.807, 2.05) is 31.2 Å². The molecule has 3 amide bonds. The summed E-state index contributed by atoms with van der Waals surface area (Å²) in [6, 6.07) is 7.55. The van der Waals surface area contributed by atoms with Crippen LogP contribution >= 0.6 is 11.3 Å². The number of carbonyl (C=O) groups excluding carboxylic acids is 2. The first kappa shape index (κ1) is 20.2. The number of hydrogen-bond acceptors (Lipinski definition) is 6. The van der Waals surface area contributed by atoms with Gasteiger partial charge in [-0.3, -0.25) is 4.79 Å². The number of hydrogen-bond donors (Lipinski definition) is 2. The number of rotatable bonds is 6. The van der Waals surface area contributed by atoms with Crippen LogP contribution in [0.4, 0.5) is 10.5 Å². The van der Waals surface area contributed by atoms with Gasteiger partial charge in [-0.15, -0.1) is 10.2 Å². The van der Waals surface area contributed by atoms with Gasteiger partial charge in [0, 0.05) is 38.3 Å². The van der Waals surface area contributed by atoms with Gasteiger partial charge in [-0.25, -0.2) is 4.79 Å². The third kappa shape index (κ3) is 5.26. The number of benzene rings is 1. The fraction of sp³-hybridized carbons (Fsp3) is 0.474. The summed E-state index contributed by atoms with van der Waals surface area (Å²) in [6.45, 7) is 4.32. The molecule has 0 spiro atoms. The monoisotopic (exact) mass is 403 g/mol. The molecule has 1 aliphatic heterocycles. The van der Waals surface area contributed by atoms with Crippen LogP contribution in [0.2, 0.25) is 0 Å². The Labute approximate surface area is 168 Å². The van der Waals surface area contributed by atoms with Crippen molar-refractivity contribution in [1.82, 2.24) is 20.4 Å². The summed E-state index contributed by atoms with van der Waals surface area (Å²) in [6.07, 6.45) is 1.62. The average molecular weight is 404 g/mol. The minimum Gasteiger partial charge on any atom is -0.383 e. The predicted molar refractivity (Wildman–Crippen MR) is 108 cm³/mol.